The van der Waals surface area contributed by atoms with E-state index in [-0.39, 0.29) is 11.7 Å². The number of carbonyl (C=O) groups is 1. The van der Waals surface area contributed by atoms with Crippen molar-refractivity contribution in [1.82, 2.24) is 10.2 Å². The molecule has 1 N–H and O–H groups in total. The van der Waals surface area contributed by atoms with Gasteiger partial charge in [0.1, 0.15) is 0 Å². The third-order valence-electron chi connectivity index (χ3n) is 4.02. The van der Waals surface area contributed by atoms with Gasteiger partial charge in [-0.3, -0.25) is 4.79 Å². The molecule has 1 aliphatic rings. The highest BCUT2D eigenvalue weighted by molar-refractivity contribution is 8.00. The van der Waals surface area contributed by atoms with Crippen LogP contribution in [0.2, 0.25) is 0 Å². The third-order valence-corrected chi connectivity index (χ3v) is 5.00. The van der Waals surface area contributed by atoms with Crippen LogP contribution >= 0.6 is 11.8 Å². The number of rotatable bonds is 6. The lowest BCUT2D eigenvalue weighted by Gasteiger charge is -2.32. The van der Waals surface area contributed by atoms with Crippen molar-refractivity contribution >= 4 is 17.7 Å². The second kappa shape index (κ2) is 8.48. The van der Waals surface area contributed by atoms with Crippen molar-refractivity contribution in [3.63, 3.8) is 0 Å². The zero-order valence-electron chi connectivity index (χ0n) is 12.8. The number of nitrogens with one attached hydrogen (secondary N) is 1. The zero-order valence-corrected chi connectivity index (χ0v) is 13.6. The highest BCUT2D eigenvalue weighted by Crippen LogP contribution is 2.23. The molecule has 1 aliphatic heterocycles. The summed E-state index contributed by atoms with van der Waals surface area (Å²) in [6.07, 6.45) is 3.24. The van der Waals surface area contributed by atoms with Crippen molar-refractivity contribution in [1.29, 1.82) is 0 Å². The predicted octanol–water partition coefficient (Wildman–Crippen LogP) is 2.91. The van der Waals surface area contributed by atoms with Gasteiger partial charge in [-0.25, -0.2) is 8.78 Å². The second-order valence-electron chi connectivity index (χ2n) is 5.58. The average Bonchev–Trinajstić information content (AvgIpc) is 2.54. The van der Waals surface area contributed by atoms with Crippen LogP contribution < -0.4 is 5.32 Å². The van der Waals surface area contributed by atoms with Crippen molar-refractivity contribution in [2.75, 3.05) is 32.4 Å². The van der Waals surface area contributed by atoms with Crippen molar-refractivity contribution in [2.24, 2.45) is 5.92 Å². The van der Waals surface area contributed by atoms with E-state index in [1.54, 1.807) is 0 Å². The molecule has 22 heavy (non-hydrogen) atoms. The molecule has 122 valence electrons. The summed E-state index contributed by atoms with van der Waals surface area (Å²) in [6, 6.07) is 3.73. The summed E-state index contributed by atoms with van der Waals surface area (Å²) in [4.78, 5) is 14.6. The van der Waals surface area contributed by atoms with Crippen LogP contribution in [-0.2, 0) is 4.79 Å². The van der Waals surface area contributed by atoms with Gasteiger partial charge in [-0.1, -0.05) is 0 Å². The Morgan fingerprint density at radius 1 is 1.32 bits per heavy atom. The molecule has 0 radical (unpaired) electrons. The number of piperidine rings is 1. The minimum atomic E-state index is -0.872. The summed E-state index contributed by atoms with van der Waals surface area (Å²) in [7, 11) is 1.95. The van der Waals surface area contributed by atoms with Crippen LogP contribution in [-0.4, -0.2) is 43.2 Å². The zero-order chi connectivity index (χ0) is 15.9. The Bertz CT molecular complexity index is 505. The molecule has 0 saturated carbocycles. The molecule has 0 spiro atoms. The number of benzene rings is 1. The van der Waals surface area contributed by atoms with E-state index < -0.39 is 11.6 Å². The molecule has 6 heteroatoms. The first-order chi connectivity index (χ1) is 10.6. The molecule has 0 aliphatic carbocycles. The molecule has 1 aromatic rings. The molecule has 0 aromatic heterocycles. The molecular formula is C16H22F2N2OS. The fourth-order valence-corrected chi connectivity index (χ4v) is 3.45. The van der Waals surface area contributed by atoms with E-state index in [1.807, 2.05) is 11.9 Å². The summed E-state index contributed by atoms with van der Waals surface area (Å²) in [5, 5.41) is 3.15. The van der Waals surface area contributed by atoms with Gasteiger partial charge in [0.2, 0.25) is 5.91 Å². The molecule has 2 rings (SSSR count). The maximum atomic E-state index is 13.1. The molecule has 1 heterocycles. The highest BCUT2D eigenvalue weighted by atomic mass is 32.2. The summed E-state index contributed by atoms with van der Waals surface area (Å²) in [6.45, 7) is 2.61. The SMILES string of the molecule is CNCCC1CCN(C(=O)CSc2ccc(F)c(F)c2)CC1. The van der Waals surface area contributed by atoms with Crippen LogP contribution in [0, 0.1) is 17.6 Å². The van der Waals surface area contributed by atoms with Gasteiger partial charge in [0.05, 0.1) is 5.75 Å². The van der Waals surface area contributed by atoms with Gasteiger partial charge in [-0.2, -0.15) is 0 Å². The summed E-state index contributed by atoms with van der Waals surface area (Å²) < 4.78 is 26.0. The number of amides is 1. The maximum Gasteiger partial charge on any atom is 0.232 e. The lowest BCUT2D eigenvalue weighted by atomic mass is 9.93. The van der Waals surface area contributed by atoms with Gasteiger partial charge in [-0.15, -0.1) is 11.8 Å². The number of thioether (sulfide) groups is 1. The number of likely N-dealkylation sites (tertiary alicyclic amines) is 1. The van der Waals surface area contributed by atoms with E-state index in [2.05, 4.69) is 5.32 Å². The van der Waals surface area contributed by atoms with Crippen LogP contribution in [0.1, 0.15) is 19.3 Å². The number of nitrogens with zero attached hydrogens (tertiary/aromatic N) is 1. The summed E-state index contributed by atoms with van der Waals surface area (Å²) in [5.74, 6) is -0.703. The quantitative estimate of drug-likeness (QED) is 0.815. The van der Waals surface area contributed by atoms with Crippen molar-refractivity contribution in [3.8, 4) is 0 Å². The molecule has 1 amide bonds. The first-order valence-electron chi connectivity index (χ1n) is 7.60. The van der Waals surface area contributed by atoms with Crippen LogP contribution in [0.25, 0.3) is 0 Å². The van der Waals surface area contributed by atoms with Crippen molar-refractivity contribution in [2.45, 2.75) is 24.2 Å². The fraction of sp³-hybridized carbons (Fsp3) is 0.562. The Hall–Kier alpha value is -1.14. The molecular weight excluding hydrogens is 306 g/mol. The average molecular weight is 328 g/mol. The van der Waals surface area contributed by atoms with E-state index in [4.69, 9.17) is 0 Å². The van der Waals surface area contributed by atoms with E-state index >= 15 is 0 Å². The van der Waals surface area contributed by atoms with Gasteiger partial charge in [-0.05, 0) is 57.0 Å². The Labute approximate surface area is 134 Å². The monoisotopic (exact) mass is 328 g/mol. The number of hydrogen-bond acceptors (Lipinski definition) is 3. The molecule has 3 nitrogen and oxygen atoms in total. The lowest BCUT2D eigenvalue weighted by Crippen LogP contribution is -2.39. The molecule has 0 atom stereocenters. The molecule has 0 unspecified atom stereocenters. The van der Waals surface area contributed by atoms with E-state index in [9.17, 15) is 13.6 Å². The fourth-order valence-electron chi connectivity index (χ4n) is 2.62. The summed E-state index contributed by atoms with van der Waals surface area (Å²) >= 11 is 1.25. The minimum absolute atomic E-state index is 0.0711. The summed E-state index contributed by atoms with van der Waals surface area (Å²) in [5.41, 5.74) is 0. The Morgan fingerprint density at radius 2 is 2.05 bits per heavy atom. The topological polar surface area (TPSA) is 32.3 Å². The van der Waals surface area contributed by atoms with Crippen LogP contribution in [0.15, 0.2) is 23.1 Å². The number of hydrogen-bond donors (Lipinski definition) is 1. The van der Waals surface area contributed by atoms with E-state index in [1.165, 1.54) is 17.8 Å². The second-order valence-corrected chi connectivity index (χ2v) is 6.63. The smallest absolute Gasteiger partial charge is 0.232 e. The van der Waals surface area contributed by atoms with Crippen molar-refractivity contribution in [3.05, 3.63) is 29.8 Å². The van der Waals surface area contributed by atoms with E-state index in [0.29, 0.717) is 10.8 Å². The number of halogens is 2. The molecule has 1 saturated heterocycles. The Morgan fingerprint density at radius 3 is 2.68 bits per heavy atom. The standard InChI is InChI=1S/C16H22F2N2OS/c1-19-7-4-12-5-8-20(9-6-12)16(21)11-22-13-2-3-14(17)15(18)10-13/h2-3,10,12,19H,4-9,11H2,1H3. The van der Waals surface area contributed by atoms with Gasteiger partial charge >= 0.3 is 0 Å². The lowest BCUT2D eigenvalue weighted by molar-refractivity contribution is -0.129. The Kier molecular flexibility index (Phi) is 6.64. The van der Waals surface area contributed by atoms with Crippen molar-refractivity contribution < 1.29 is 13.6 Å². The largest absolute Gasteiger partial charge is 0.342 e. The predicted molar refractivity (Wildman–Crippen MR) is 84.9 cm³/mol. The van der Waals surface area contributed by atoms with E-state index in [0.717, 1.165) is 51.0 Å². The highest BCUT2D eigenvalue weighted by Gasteiger charge is 2.22. The van der Waals surface area contributed by atoms with Gasteiger partial charge in [0.15, 0.2) is 11.6 Å². The molecule has 1 fully saturated rings. The third kappa shape index (κ3) is 4.95. The van der Waals surface area contributed by atoms with Crippen LogP contribution in [0.3, 0.4) is 0 Å². The normalized spacial score (nSPS) is 16.0. The molecule has 0 bridgehead atoms. The number of carbonyl (C=O) groups excluding carboxylic acids is 1. The van der Waals surface area contributed by atoms with Gasteiger partial charge in [0, 0.05) is 18.0 Å². The molecule has 1 aromatic carbocycles. The Balaban J connectivity index is 1.75. The van der Waals surface area contributed by atoms with Gasteiger partial charge in [0.25, 0.3) is 0 Å². The van der Waals surface area contributed by atoms with Gasteiger partial charge < -0.3 is 10.2 Å². The first-order valence-corrected chi connectivity index (χ1v) is 8.59. The first kappa shape index (κ1) is 17.2. The minimum Gasteiger partial charge on any atom is -0.342 e. The van der Waals surface area contributed by atoms with Crippen LogP contribution in [0.5, 0.6) is 0 Å². The van der Waals surface area contributed by atoms with Crippen LogP contribution in [0.4, 0.5) is 8.78 Å². The maximum absolute atomic E-state index is 13.1.